The van der Waals surface area contributed by atoms with Crippen molar-refractivity contribution in [1.29, 1.82) is 0 Å². The lowest BCUT2D eigenvalue weighted by molar-refractivity contribution is 0.0877. The van der Waals surface area contributed by atoms with Crippen LogP contribution in [0.2, 0.25) is 0 Å². The maximum Gasteiger partial charge on any atom is 0.168 e. The molecule has 1 aliphatic rings. The summed E-state index contributed by atoms with van der Waals surface area (Å²) in [7, 11) is 0. The Morgan fingerprint density at radius 1 is 1.21 bits per heavy atom. The summed E-state index contributed by atoms with van der Waals surface area (Å²) >= 11 is 0. The third-order valence-electron chi connectivity index (χ3n) is 4.57. The predicted molar refractivity (Wildman–Crippen MR) is 78.5 cm³/mol. The van der Waals surface area contributed by atoms with Gasteiger partial charge in [-0.25, -0.2) is 0 Å². The summed E-state index contributed by atoms with van der Waals surface area (Å²) < 4.78 is 0. The van der Waals surface area contributed by atoms with Crippen LogP contribution >= 0.6 is 0 Å². The first-order chi connectivity index (χ1) is 9.16. The van der Waals surface area contributed by atoms with Crippen molar-refractivity contribution >= 4 is 16.7 Å². The molecule has 2 nitrogen and oxygen atoms in total. The van der Waals surface area contributed by atoms with E-state index in [1.165, 1.54) is 18.4 Å². The summed E-state index contributed by atoms with van der Waals surface area (Å²) in [6, 6.07) is 6.16. The van der Waals surface area contributed by atoms with Gasteiger partial charge in [0.05, 0.1) is 0 Å². The van der Waals surface area contributed by atoms with E-state index >= 15 is 0 Å². The smallest absolute Gasteiger partial charge is 0.168 e. The van der Waals surface area contributed by atoms with E-state index in [9.17, 15) is 4.79 Å². The summed E-state index contributed by atoms with van der Waals surface area (Å²) in [5.41, 5.74) is 3.16. The molecule has 0 spiro atoms. The summed E-state index contributed by atoms with van der Waals surface area (Å²) in [5.74, 6) is 1.36. The Morgan fingerprint density at radius 2 is 1.95 bits per heavy atom. The van der Waals surface area contributed by atoms with Crippen LogP contribution in [0.15, 0.2) is 24.4 Å². The first-order valence-corrected chi connectivity index (χ1v) is 7.27. The number of Topliss-reactive ketones (excluding diaryl/α,β-unsaturated/α-hetero) is 1. The molecule has 19 heavy (non-hydrogen) atoms. The molecule has 1 fully saturated rings. The van der Waals surface area contributed by atoms with E-state index < -0.39 is 0 Å². The Kier molecular flexibility index (Phi) is 3.17. The molecule has 3 rings (SSSR count). The Hall–Kier alpha value is -1.57. The average Bonchev–Trinajstić information content (AvgIpc) is 2.84. The highest BCUT2D eigenvalue weighted by Gasteiger charge is 2.27. The minimum Gasteiger partial charge on any atom is -0.360 e. The van der Waals surface area contributed by atoms with Crippen LogP contribution in [0, 0.1) is 18.8 Å². The van der Waals surface area contributed by atoms with Crippen molar-refractivity contribution < 1.29 is 4.79 Å². The van der Waals surface area contributed by atoms with E-state index in [0.29, 0.717) is 5.78 Å². The topological polar surface area (TPSA) is 32.9 Å². The third-order valence-corrected chi connectivity index (χ3v) is 4.57. The van der Waals surface area contributed by atoms with Gasteiger partial charge in [0.2, 0.25) is 0 Å². The molecule has 0 bridgehead atoms. The highest BCUT2D eigenvalue weighted by molar-refractivity contribution is 6.09. The molecule has 1 aromatic carbocycles. The van der Waals surface area contributed by atoms with Gasteiger partial charge in [-0.05, 0) is 37.3 Å². The van der Waals surface area contributed by atoms with Gasteiger partial charge in [0.15, 0.2) is 5.78 Å². The lowest BCUT2D eigenvalue weighted by Crippen LogP contribution is -2.20. The molecule has 0 radical (unpaired) electrons. The summed E-state index contributed by atoms with van der Waals surface area (Å²) in [4.78, 5) is 16.0. The quantitative estimate of drug-likeness (QED) is 0.788. The number of aryl methyl sites for hydroxylation is 1. The molecular formula is C17H21NO. The van der Waals surface area contributed by atoms with E-state index in [0.717, 1.165) is 35.2 Å². The van der Waals surface area contributed by atoms with E-state index in [2.05, 4.69) is 24.9 Å². The lowest BCUT2D eigenvalue weighted by atomic mass is 9.79. The van der Waals surface area contributed by atoms with Crippen molar-refractivity contribution in [3.63, 3.8) is 0 Å². The van der Waals surface area contributed by atoms with Gasteiger partial charge in [0, 0.05) is 28.6 Å². The molecule has 0 unspecified atom stereocenters. The molecule has 1 aromatic heterocycles. The van der Waals surface area contributed by atoms with Crippen molar-refractivity contribution in [3.05, 3.63) is 35.5 Å². The molecule has 2 aromatic rings. The summed E-state index contributed by atoms with van der Waals surface area (Å²) in [6.45, 7) is 4.37. The van der Waals surface area contributed by atoms with Crippen LogP contribution in [0.3, 0.4) is 0 Å². The van der Waals surface area contributed by atoms with E-state index in [-0.39, 0.29) is 5.92 Å². The fourth-order valence-electron chi connectivity index (χ4n) is 3.30. The highest BCUT2D eigenvalue weighted by Crippen LogP contribution is 2.33. The monoisotopic (exact) mass is 255 g/mol. The van der Waals surface area contributed by atoms with E-state index in [4.69, 9.17) is 0 Å². The molecule has 1 aliphatic carbocycles. The van der Waals surface area contributed by atoms with E-state index in [1.54, 1.807) is 0 Å². The molecular weight excluding hydrogens is 234 g/mol. The van der Waals surface area contributed by atoms with Crippen molar-refractivity contribution in [1.82, 2.24) is 4.98 Å². The fraction of sp³-hybridized carbons (Fsp3) is 0.471. The normalized spacial score (nSPS) is 23.7. The second-order valence-corrected chi connectivity index (χ2v) is 6.02. The van der Waals surface area contributed by atoms with Crippen LogP contribution in [0.5, 0.6) is 0 Å². The first-order valence-electron chi connectivity index (χ1n) is 7.27. The molecule has 0 amide bonds. The van der Waals surface area contributed by atoms with Crippen LogP contribution in [-0.4, -0.2) is 10.8 Å². The number of ketones is 1. The molecule has 0 atom stereocenters. The zero-order valence-electron chi connectivity index (χ0n) is 11.7. The second-order valence-electron chi connectivity index (χ2n) is 6.02. The van der Waals surface area contributed by atoms with Gasteiger partial charge < -0.3 is 4.98 Å². The van der Waals surface area contributed by atoms with Crippen molar-refractivity contribution in [2.45, 2.75) is 39.5 Å². The average molecular weight is 255 g/mol. The number of carbonyl (C=O) groups is 1. The minimum atomic E-state index is 0.231. The highest BCUT2D eigenvalue weighted by atomic mass is 16.1. The van der Waals surface area contributed by atoms with Gasteiger partial charge in [-0.15, -0.1) is 0 Å². The van der Waals surface area contributed by atoms with Crippen LogP contribution in [0.4, 0.5) is 0 Å². The van der Waals surface area contributed by atoms with Crippen LogP contribution in [-0.2, 0) is 0 Å². The van der Waals surface area contributed by atoms with Gasteiger partial charge >= 0.3 is 0 Å². The number of carbonyl (C=O) groups excluding carboxylic acids is 1. The Bertz CT molecular complexity index is 603. The van der Waals surface area contributed by atoms with Crippen LogP contribution < -0.4 is 0 Å². The summed E-state index contributed by atoms with van der Waals surface area (Å²) in [5, 5.41) is 1.12. The number of rotatable bonds is 2. The van der Waals surface area contributed by atoms with Crippen LogP contribution in [0.1, 0.15) is 48.5 Å². The zero-order valence-corrected chi connectivity index (χ0v) is 11.7. The molecule has 1 saturated carbocycles. The number of hydrogen-bond donors (Lipinski definition) is 1. The second kappa shape index (κ2) is 4.84. The Balaban J connectivity index is 1.94. The molecule has 0 aliphatic heterocycles. The first kappa shape index (κ1) is 12.5. The third kappa shape index (κ3) is 2.20. The number of nitrogens with one attached hydrogen (secondary N) is 1. The Morgan fingerprint density at radius 3 is 2.68 bits per heavy atom. The molecule has 100 valence electrons. The predicted octanol–water partition coefficient (Wildman–Crippen LogP) is 4.49. The minimum absolute atomic E-state index is 0.231. The maximum absolute atomic E-state index is 12.7. The maximum atomic E-state index is 12.7. The van der Waals surface area contributed by atoms with Crippen molar-refractivity contribution in [3.8, 4) is 0 Å². The van der Waals surface area contributed by atoms with Gasteiger partial charge in [-0.2, -0.15) is 0 Å². The van der Waals surface area contributed by atoms with Gasteiger partial charge in [0.25, 0.3) is 0 Å². The number of benzene rings is 1. The number of hydrogen-bond acceptors (Lipinski definition) is 1. The van der Waals surface area contributed by atoms with Crippen molar-refractivity contribution in [2.24, 2.45) is 11.8 Å². The van der Waals surface area contributed by atoms with Crippen molar-refractivity contribution in [2.75, 3.05) is 0 Å². The largest absolute Gasteiger partial charge is 0.360 e. The van der Waals surface area contributed by atoms with Gasteiger partial charge in [-0.1, -0.05) is 31.9 Å². The molecule has 2 heteroatoms. The molecule has 1 N–H and O–H groups in total. The summed E-state index contributed by atoms with van der Waals surface area (Å²) in [6.07, 6.45) is 6.39. The number of aromatic nitrogens is 1. The SMILES string of the molecule is Cc1cccc2[nH]cc(C(=O)C3CCC(C)CC3)c12. The Labute approximate surface area is 114 Å². The van der Waals surface area contributed by atoms with Gasteiger partial charge in [-0.3, -0.25) is 4.79 Å². The molecule has 0 saturated heterocycles. The number of H-pyrrole nitrogens is 1. The van der Waals surface area contributed by atoms with Crippen LogP contribution in [0.25, 0.3) is 10.9 Å². The zero-order chi connectivity index (χ0) is 13.4. The molecule has 1 heterocycles. The fourth-order valence-corrected chi connectivity index (χ4v) is 3.30. The number of aromatic amines is 1. The number of fused-ring (bicyclic) bond motifs is 1. The van der Waals surface area contributed by atoms with Gasteiger partial charge in [0.1, 0.15) is 0 Å². The lowest BCUT2D eigenvalue weighted by Gasteiger charge is -2.24. The standard InChI is InChI=1S/C17H21NO/c1-11-6-8-13(9-7-11)17(19)14-10-18-15-5-3-4-12(2)16(14)15/h3-5,10-11,13,18H,6-9H2,1-2H3. The van der Waals surface area contributed by atoms with E-state index in [1.807, 2.05) is 18.3 Å².